The second kappa shape index (κ2) is 10.3. The van der Waals surface area contributed by atoms with Crippen LogP contribution in [0.25, 0.3) is 0 Å². The average Bonchev–Trinajstić information content (AvgIpc) is 2.67. The lowest BCUT2D eigenvalue weighted by atomic mass is 9.85. The lowest BCUT2D eigenvalue weighted by molar-refractivity contribution is 0.0963. The van der Waals surface area contributed by atoms with Crippen molar-refractivity contribution in [3.8, 4) is 0 Å². The van der Waals surface area contributed by atoms with E-state index in [1.54, 1.807) is 17.0 Å². The van der Waals surface area contributed by atoms with Crippen molar-refractivity contribution in [3.05, 3.63) is 35.6 Å². The van der Waals surface area contributed by atoms with Gasteiger partial charge >= 0.3 is 6.09 Å². The van der Waals surface area contributed by atoms with Gasteiger partial charge in [-0.15, -0.1) is 0 Å². The summed E-state index contributed by atoms with van der Waals surface area (Å²) in [6.07, 6.45) is 1.45. The zero-order valence-corrected chi connectivity index (χ0v) is 17.4. The minimum Gasteiger partial charge on any atom is -0.450 e. The Morgan fingerprint density at radius 2 is 2.04 bits per heavy atom. The molecule has 6 nitrogen and oxygen atoms in total. The van der Waals surface area contributed by atoms with E-state index in [4.69, 9.17) is 9.73 Å². The maximum Gasteiger partial charge on any atom is 0.409 e. The van der Waals surface area contributed by atoms with E-state index in [2.05, 4.69) is 24.5 Å². The average molecular weight is 393 g/mol. The van der Waals surface area contributed by atoms with Gasteiger partial charge in [0.25, 0.3) is 0 Å². The molecule has 0 bridgehead atoms. The van der Waals surface area contributed by atoms with Crippen LogP contribution in [0.15, 0.2) is 29.3 Å². The first-order valence-electron chi connectivity index (χ1n) is 10.1. The van der Waals surface area contributed by atoms with Crippen LogP contribution in [-0.4, -0.2) is 55.8 Å². The number of piperidine rings is 1. The number of aliphatic imine (C=N–C) groups is 1. The molecule has 0 atom stereocenters. The van der Waals surface area contributed by atoms with E-state index in [1.807, 2.05) is 19.9 Å². The highest BCUT2D eigenvalue weighted by Crippen LogP contribution is 2.24. The van der Waals surface area contributed by atoms with Crippen molar-refractivity contribution in [1.82, 2.24) is 15.5 Å². The van der Waals surface area contributed by atoms with Gasteiger partial charge in [0.05, 0.1) is 13.2 Å². The van der Waals surface area contributed by atoms with Gasteiger partial charge in [0.1, 0.15) is 5.82 Å². The second-order valence-electron chi connectivity index (χ2n) is 7.69. The van der Waals surface area contributed by atoms with Crippen LogP contribution in [0.4, 0.5) is 9.18 Å². The van der Waals surface area contributed by atoms with E-state index in [0.717, 1.165) is 30.9 Å². The molecule has 0 spiro atoms. The van der Waals surface area contributed by atoms with E-state index in [-0.39, 0.29) is 23.4 Å². The van der Waals surface area contributed by atoms with Crippen molar-refractivity contribution in [2.24, 2.45) is 4.99 Å². The molecule has 1 saturated heterocycles. The Kier molecular flexibility index (Phi) is 8.08. The molecule has 0 radical (unpaired) electrons. The molecule has 28 heavy (non-hydrogen) atoms. The molecule has 1 aliphatic rings. The number of carbonyl (C=O) groups excluding carboxylic acids is 1. The summed E-state index contributed by atoms with van der Waals surface area (Å²) in [4.78, 5) is 18.3. The molecule has 0 aromatic heterocycles. The summed E-state index contributed by atoms with van der Waals surface area (Å²) >= 11 is 0. The summed E-state index contributed by atoms with van der Waals surface area (Å²) in [6, 6.07) is 6.94. The number of benzene rings is 1. The summed E-state index contributed by atoms with van der Waals surface area (Å²) in [5, 5.41) is 6.75. The zero-order valence-electron chi connectivity index (χ0n) is 17.4. The lowest BCUT2D eigenvalue weighted by Gasteiger charge is -2.32. The topological polar surface area (TPSA) is 66.0 Å². The SMILES string of the molecule is CCNC(=NCC(C)(C)c1cccc(F)c1)NC1CCN(C(=O)OCC)CC1. The summed E-state index contributed by atoms with van der Waals surface area (Å²) in [5.74, 6) is 0.523. The number of nitrogens with one attached hydrogen (secondary N) is 2. The van der Waals surface area contributed by atoms with Crippen molar-refractivity contribution in [2.45, 2.75) is 52.0 Å². The van der Waals surface area contributed by atoms with Gasteiger partial charge in [-0.1, -0.05) is 26.0 Å². The molecule has 0 aliphatic carbocycles. The Labute approximate surface area is 167 Å². The maximum absolute atomic E-state index is 13.6. The highest BCUT2D eigenvalue weighted by atomic mass is 19.1. The molecular formula is C21H33FN4O2. The molecule has 1 fully saturated rings. The van der Waals surface area contributed by atoms with Crippen molar-refractivity contribution in [1.29, 1.82) is 0 Å². The van der Waals surface area contributed by atoms with E-state index in [1.165, 1.54) is 6.07 Å². The smallest absolute Gasteiger partial charge is 0.409 e. The first-order valence-corrected chi connectivity index (χ1v) is 10.1. The highest BCUT2D eigenvalue weighted by molar-refractivity contribution is 5.80. The molecule has 1 aromatic carbocycles. The summed E-state index contributed by atoms with van der Waals surface area (Å²) < 4.78 is 18.6. The van der Waals surface area contributed by atoms with Crippen molar-refractivity contribution >= 4 is 12.1 Å². The quantitative estimate of drug-likeness (QED) is 0.576. The highest BCUT2D eigenvalue weighted by Gasteiger charge is 2.25. The van der Waals surface area contributed by atoms with Crippen LogP contribution in [-0.2, 0) is 10.2 Å². The summed E-state index contributed by atoms with van der Waals surface area (Å²) in [7, 11) is 0. The van der Waals surface area contributed by atoms with Crippen LogP contribution >= 0.6 is 0 Å². The molecule has 0 unspecified atom stereocenters. The van der Waals surface area contributed by atoms with Gasteiger partial charge in [-0.3, -0.25) is 4.99 Å². The predicted octanol–water partition coefficient (Wildman–Crippen LogP) is 3.28. The van der Waals surface area contributed by atoms with Gasteiger partial charge in [-0.2, -0.15) is 0 Å². The number of likely N-dealkylation sites (tertiary alicyclic amines) is 1. The number of halogens is 1. The third-order valence-corrected chi connectivity index (χ3v) is 4.94. The van der Waals surface area contributed by atoms with E-state index < -0.39 is 0 Å². The number of ether oxygens (including phenoxy) is 1. The molecule has 1 aliphatic heterocycles. The first kappa shape index (κ1) is 22.0. The maximum atomic E-state index is 13.6. The zero-order chi connectivity index (χ0) is 20.6. The van der Waals surface area contributed by atoms with E-state index >= 15 is 0 Å². The minimum atomic E-state index is -0.280. The Hall–Kier alpha value is -2.31. The molecular weight excluding hydrogens is 359 g/mol. The Morgan fingerprint density at radius 3 is 2.64 bits per heavy atom. The van der Waals surface area contributed by atoms with Crippen LogP contribution in [0.5, 0.6) is 0 Å². The van der Waals surface area contributed by atoms with Crippen LogP contribution in [0.3, 0.4) is 0 Å². The van der Waals surface area contributed by atoms with Gasteiger partial charge in [0.15, 0.2) is 5.96 Å². The van der Waals surface area contributed by atoms with Gasteiger partial charge in [-0.05, 0) is 44.4 Å². The number of hydrogen-bond donors (Lipinski definition) is 2. The van der Waals surface area contributed by atoms with Gasteiger partial charge in [0.2, 0.25) is 0 Å². The van der Waals surface area contributed by atoms with Gasteiger partial charge in [-0.25, -0.2) is 9.18 Å². The number of hydrogen-bond acceptors (Lipinski definition) is 3. The Balaban J connectivity index is 1.95. The first-order chi connectivity index (χ1) is 13.4. The normalized spacial score (nSPS) is 16.0. The molecule has 7 heteroatoms. The predicted molar refractivity (Wildman–Crippen MR) is 110 cm³/mol. The molecule has 1 amide bonds. The van der Waals surface area contributed by atoms with E-state index in [0.29, 0.717) is 26.2 Å². The molecule has 1 aromatic rings. The standard InChI is InChI=1S/C21H33FN4O2/c1-5-23-19(24-15-21(3,4)16-8-7-9-17(22)14-16)25-18-10-12-26(13-11-18)20(27)28-6-2/h7-9,14,18H,5-6,10-13,15H2,1-4H3,(H2,23,24,25). The van der Waals surface area contributed by atoms with E-state index in [9.17, 15) is 9.18 Å². The van der Waals surface area contributed by atoms with Crippen LogP contribution in [0.2, 0.25) is 0 Å². The number of carbonyl (C=O) groups is 1. The second-order valence-corrected chi connectivity index (χ2v) is 7.69. The molecule has 2 N–H and O–H groups in total. The van der Waals surface area contributed by atoms with Crippen molar-refractivity contribution in [3.63, 3.8) is 0 Å². The third-order valence-electron chi connectivity index (χ3n) is 4.94. The fraction of sp³-hybridized carbons (Fsp3) is 0.619. The summed E-state index contributed by atoms with van der Waals surface area (Å²) in [5.41, 5.74) is 0.646. The number of rotatable bonds is 6. The fourth-order valence-corrected chi connectivity index (χ4v) is 3.21. The Bertz CT molecular complexity index is 670. The van der Waals surface area contributed by atoms with Gasteiger partial charge in [0, 0.05) is 31.1 Å². The monoisotopic (exact) mass is 392 g/mol. The molecule has 2 rings (SSSR count). The molecule has 1 heterocycles. The van der Waals surface area contributed by atoms with Crippen LogP contribution in [0.1, 0.15) is 46.1 Å². The fourth-order valence-electron chi connectivity index (χ4n) is 3.21. The summed E-state index contributed by atoms with van der Waals surface area (Å²) in [6.45, 7) is 11.0. The van der Waals surface area contributed by atoms with Crippen LogP contribution in [0, 0.1) is 5.82 Å². The minimum absolute atomic E-state index is 0.229. The van der Waals surface area contributed by atoms with Gasteiger partial charge < -0.3 is 20.3 Å². The van der Waals surface area contributed by atoms with Crippen molar-refractivity contribution in [2.75, 3.05) is 32.8 Å². The van der Waals surface area contributed by atoms with Crippen LogP contribution < -0.4 is 10.6 Å². The number of nitrogens with zero attached hydrogens (tertiary/aromatic N) is 2. The molecule has 156 valence electrons. The molecule has 0 saturated carbocycles. The van der Waals surface area contributed by atoms with Crippen molar-refractivity contribution < 1.29 is 13.9 Å². The largest absolute Gasteiger partial charge is 0.450 e. The lowest BCUT2D eigenvalue weighted by Crippen LogP contribution is -2.50. The number of guanidine groups is 1. The third kappa shape index (κ3) is 6.39. The Morgan fingerprint density at radius 1 is 1.32 bits per heavy atom. The number of amides is 1.